The third kappa shape index (κ3) is 4.88. The number of benzene rings is 2. The monoisotopic (exact) mass is 386 g/mol. The second kappa shape index (κ2) is 8.89. The van der Waals surface area contributed by atoms with Crippen molar-refractivity contribution in [3.05, 3.63) is 86.5 Å². The Morgan fingerprint density at radius 3 is 2.14 bits per heavy atom. The first-order valence-corrected chi connectivity index (χ1v) is 7.70. The van der Waals surface area contributed by atoms with Crippen LogP contribution in [0, 0.1) is 20.2 Å². The van der Waals surface area contributed by atoms with E-state index < -0.39 is 33.0 Å². The first kappa shape index (κ1) is 20.0. The van der Waals surface area contributed by atoms with Crippen molar-refractivity contribution in [1.82, 2.24) is 10.9 Å². The van der Waals surface area contributed by atoms with Crippen molar-refractivity contribution < 1.29 is 24.2 Å². The molecule has 0 aromatic heterocycles. The Bertz CT molecular complexity index is 926. The standard InChI is InChI=1S/C17H14N4O7/c1-2-7-28-15-6-4-3-5-14(15)17(23)19-18-16(22)11-8-12(20(24)25)10-13(9-11)21(26)27/h2-6,8-10H,1,7H2,(H,18,22)(H,19,23). The van der Waals surface area contributed by atoms with E-state index in [4.69, 9.17) is 4.74 Å². The minimum atomic E-state index is -0.968. The van der Waals surface area contributed by atoms with E-state index in [1.165, 1.54) is 12.1 Å². The van der Waals surface area contributed by atoms with Gasteiger partial charge in [0.25, 0.3) is 23.2 Å². The van der Waals surface area contributed by atoms with Gasteiger partial charge in [-0.1, -0.05) is 24.8 Å². The predicted molar refractivity (Wildman–Crippen MR) is 96.8 cm³/mol. The first-order chi connectivity index (χ1) is 13.3. The summed E-state index contributed by atoms with van der Waals surface area (Å²) in [5.74, 6) is -1.43. The SMILES string of the molecule is C=CCOc1ccccc1C(=O)NNC(=O)c1cc([N+](=O)[O-])cc([N+](=O)[O-])c1. The van der Waals surface area contributed by atoms with Crippen molar-refractivity contribution in [3.8, 4) is 5.75 Å². The smallest absolute Gasteiger partial charge is 0.277 e. The Morgan fingerprint density at radius 1 is 1.00 bits per heavy atom. The highest BCUT2D eigenvalue weighted by Gasteiger charge is 2.20. The zero-order chi connectivity index (χ0) is 20.7. The van der Waals surface area contributed by atoms with Gasteiger partial charge in [0, 0.05) is 12.1 Å². The van der Waals surface area contributed by atoms with Crippen molar-refractivity contribution in [3.63, 3.8) is 0 Å². The molecule has 11 nitrogen and oxygen atoms in total. The second-order valence-corrected chi connectivity index (χ2v) is 5.26. The molecule has 0 saturated heterocycles. The minimum absolute atomic E-state index is 0.120. The molecular formula is C17H14N4O7. The Kier molecular flexibility index (Phi) is 6.36. The molecule has 0 unspecified atom stereocenters. The Hall–Kier alpha value is -4.28. The van der Waals surface area contributed by atoms with E-state index in [1.54, 1.807) is 18.2 Å². The fraction of sp³-hybridized carbons (Fsp3) is 0.0588. The van der Waals surface area contributed by atoms with E-state index in [9.17, 15) is 29.8 Å². The lowest BCUT2D eigenvalue weighted by Gasteiger charge is -2.11. The number of hydrogen-bond acceptors (Lipinski definition) is 7. The normalized spacial score (nSPS) is 9.86. The van der Waals surface area contributed by atoms with Crippen molar-refractivity contribution >= 4 is 23.2 Å². The highest BCUT2D eigenvalue weighted by atomic mass is 16.6. The molecule has 0 atom stereocenters. The summed E-state index contributed by atoms with van der Waals surface area (Å²) < 4.78 is 5.34. The molecule has 0 aliphatic heterocycles. The van der Waals surface area contributed by atoms with Gasteiger partial charge in [0.15, 0.2) is 0 Å². The summed E-state index contributed by atoms with van der Waals surface area (Å²) in [6.07, 6.45) is 1.49. The fourth-order valence-corrected chi connectivity index (χ4v) is 2.12. The van der Waals surface area contributed by atoms with Crippen LogP contribution in [-0.2, 0) is 0 Å². The summed E-state index contributed by atoms with van der Waals surface area (Å²) in [6.45, 7) is 3.66. The molecule has 2 aromatic carbocycles. The number of ether oxygens (including phenoxy) is 1. The molecule has 0 fully saturated rings. The Balaban J connectivity index is 2.16. The van der Waals surface area contributed by atoms with Crippen LogP contribution in [0.5, 0.6) is 5.75 Å². The molecule has 0 aliphatic rings. The van der Waals surface area contributed by atoms with E-state index >= 15 is 0 Å². The van der Waals surface area contributed by atoms with Crippen molar-refractivity contribution in [2.75, 3.05) is 6.61 Å². The van der Waals surface area contributed by atoms with Crippen LogP contribution in [0.4, 0.5) is 11.4 Å². The van der Waals surface area contributed by atoms with Crippen molar-refractivity contribution in [2.45, 2.75) is 0 Å². The van der Waals surface area contributed by atoms with E-state index in [1.807, 2.05) is 0 Å². The minimum Gasteiger partial charge on any atom is -0.489 e. The molecular weight excluding hydrogens is 372 g/mol. The number of nitro groups is 2. The number of amides is 2. The van der Waals surface area contributed by atoms with Crippen LogP contribution >= 0.6 is 0 Å². The lowest BCUT2D eigenvalue weighted by atomic mass is 10.1. The topological polar surface area (TPSA) is 154 Å². The molecule has 0 saturated carbocycles. The van der Waals surface area contributed by atoms with Gasteiger partial charge in [-0.2, -0.15) is 0 Å². The molecule has 11 heteroatoms. The highest BCUT2D eigenvalue weighted by molar-refractivity contribution is 6.00. The molecule has 0 heterocycles. The average molecular weight is 386 g/mol. The molecule has 2 amide bonds. The van der Waals surface area contributed by atoms with Gasteiger partial charge in [0.1, 0.15) is 12.4 Å². The van der Waals surface area contributed by atoms with Gasteiger partial charge in [0.05, 0.1) is 27.0 Å². The molecule has 0 spiro atoms. The van der Waals surface area contributed by atoms with Crippen LogP contribution < -0.4 is 15.6 Å². The fourth-order valence-electron chi connectivity index (χ4n) is 2.12. The van der Waals surface area contributed by atoms with Gasteiger partial charge in [0.2, 0.25) is 0 Å². The Morgan fingerprint density at radius 2 is 1.57 bits per heavy atom. The summed E-state index contributed by atoms with van der Waals surface area (Å²) in [7, 11) is 0. The van der Waals surface area contributed by atoms with Gasteiger partial charge in [-0.05, 0) is 12.1 Å². The number of non-ortho nitro benzene ring substituents is 2. The average Bonchev–Trinajstić information content (AvgIpc) is 2.69. The van der Waals surface area contributed by atoms with Gasteiger partial charge in [-0.3, -0.25) is 40.7 Å². The number of carbonyl (C=O) groups is 2. The maximum Gasteiger partial charge on any atom is 0.277 e. The third-order valence-corrected chi connectivity index (χ3v) is 3.36. The second-order valence-electron chi connectivity index (χ2n) is 5.26. The van der Waals surface area contributed by atoms with E-state index in [0.717, 1.165) is 18.2 Å². The largest absolute Gasteiger partial charge is 0.489 e. The van der Waals surface area contributed by atoms with Gasteiger partial charge < -0.3 is 4.74 Å². The van der Waals surface area contributed by atoms with Crippen molar-refractivity contribution in [2.24, 2.45) is 0 Å². The maximum absolute atomic E-state index is 12.3. The number of hydrazine groups is 1. The molecule has 2 rings (SSSR count). The number of hydrogen-bond donors (Lipinski definition) is 2. The van der Waals surface area contributed by atoms with Gasteiger partial charge in [-0.15, -0.1) is 0 Å². The number of nitrogens with zero attached hydrogens (tertiary/aromatic N) is 2. The number of para-hydroxylation sites is 1. The first-order valence-electron chi connectivity index (χ1n) is 7.70. The highest BCUT2D eigenvalue weighted by Crippen LogP contribution is 2.22. The van der Waals surface area contributed by atoms with Gasteiger partial charge in [-0.25, -0.2) is 0 Å². The molecule has 0 aliphatic carbocycles. The summed E-state index contributed by atoms with van der Waals surface area (Å²) in [6, 6.07) is 8.67. The van der Waals surface area contributed by atoms with Crippen molar-refractivity contribution in [1.29, 1.82) is 0 Å². The summed E-state index contributed by atoms with van der Waals surface area (Å²) in [5, 5.41) is 21.8. The van der Waals surface area contributed by atoms with E-state index in [2.05, 4.69) is 17.4 Å². The summed E-state index contributed by atoms with van der Waals surface area (Å²) in [4.78, 5) is 44.5. The number of carbonyl (C=O) groups excluding carboxylic acids is 2. The summed E-state index contributed by atoms with van der Waals surface area (Å²) >= 11 is 0. The molecule has 28 heavy (non-hydrogen) atoms. The Labute approximate surface area is 157 Å². The van der Waals surface area contributed by atoms with Crippen LogP contribution in [0.25, 0.3) is 0 Å². The lowest BCUT2D eigenvalue weighted by molar-refractivity contribution is -0.394. The van der Waals surface area contributed by atoms with Crippen LogP contribution in [0.3, 0.4) is 0 Å². The zero-order valence-corrected chi connectivity index (χ0v) is 14.3. The number of nitrogens with one attached hydrogen (secondary N) is 2. The molecule has 144 valence electrons. The van der Waals surface area contributed by atoms with Crippen LogP contribution in [-0.4, -0.2) is 28.3 Å². The van der Waals surface area contributed by atoms with Crippen LogP contribution in [0.15, 0.2) is 55.1 Å². The molecule has 0 radical (unpaired) electrons. The van der Waals surface area contributed by atoms with E-state index in [0.29, 0.717) is 0 Å². The van der Waals surface area contributed by atoms with Gasteiger partial charge >= 0.3 is 0 Å². The van der Waals surface area contributed by atoms with Crippen LogP contribution in [0.1, 0.15) is 20.7 Å². The predicted octanol–water partition coefficient (Wildman–Crippen LogP) is 2.14. The lowest BCUT2D eigenvalue weighted by Crippen LogP contribution is -2.41. The van der Waals surface area contributed by atoms with E-state index in [-0.39, 0.29) is 23.5 Å². The zero-order valence-electron chi connectivity index (χ0n) is 14.3. The van der Waals surface area contributed by atoms with Crippen LogP contribution in [0.2, 0.25) is 0 Å². The third-order valence-electron chi connectivity index (χ3n) is 3.36. The number of nitro benzene ring substituents is 2. The summed E-state index contributed by atoms with van der Waals surface area (Å²) in [5.41, 5.74) is 2.68. The molecule has 2 aromatic rings. The number of rotatable bonds is 7. The maximum atomic E-state index is 12.3. The molecule has 0 bridgehead atoms. The quantitative estimate of drug-likeness (QED) is 0.420. The molecule has 2 N–H and O–H groups in total.